The van der Waals surface area contributed by atoms with E-state index in [0.29, 0.717) is 24.1 Å². The molecule has 0 unspecified atom stereocenters. The number of imidazole rings is 1. The van der Waals surface area contributed by atoms with Crippen LogP contribution in [-0.2, 0) is 6.18 Å². The Balaban J connectivity index is 2.02. The molecule has 0 aliphatic heterocycles. The Labute approximate surface area is 137 Å². The van der Waals surface area contributed by atoms with E-state index >= 15 is 0 Å². The minimum Gasteiger partial charge on any atom is -0.331 e. The molecule has 2 aromatic rings. The number of rotatable bonds is 3. The van der Waals surface area contributed by atoms with Crippen molar-refractivity contribution in [3.63, 3.8) is 0 Å². The van der Waals surface area contributed by atoms with Crippen molar-refractivity contribution >= 4 is 0 Å². The fourth-order valence-electron chi connectivity index (χ4n) is 2.98. The quantitative estimate of drug-likeness (QED) is 0.730. The minimum atomic E-state index is -4.45. The first-order valence-electron chi connectivity index (χ1n) is 7.94. The Morgan fingerprint density at radius 2 is 1.92 bits per heavy atom. The van der Waals surface area contributed by atoms with E-state index in [-0.39, 0.29) is 17.7 Å². The third-order valence-corrected chi connectivity index (χ3v) is 4.41. The maximum atomic E-state index is 13.2. The number of hydrogen-bond donors (Lipinski definition) is 0. The van der Waals surface area contributed by atoms with Gasteiger partial charge in [0.1, 0.15) is 12.0 Å². The van der Waals surface area contributed by atoms with Crippen LogP contribution < -0.4 is 0 Å². The monoisotopic (exact) mass is 341 g/mol. The molecule has 1 aliphatic rings. The number of aromatic nitrogens is 3. The Kier molecular flexibility index (Phi) is 4.13. The van der Waals surface area contributed by atoms with Crippen LogP contribution in [0, 0.1) is 6.92 Å². The highest BCUT2D eigenvalue weighted by Crippen LogP contribution is 2.39. The lowest BCUT2D eigenvalue weighted by Gasteiger charge is -2.32. The molecule has 0 amide bonds. The number of aryl methyl sites for hydroxylation is 1. The number of hydrogen-bond acceptors (Lipinski definition) is 2. The molecular formula is C17H19F4N3. The van der Waals surface area contributed by atoms with Crippen molar-refractivity contribution in [1.29, 1.82) is 0 Å². The van der Waals surface area contributed by atoms with Crippen LogP contribution in [-0.4, -0.2) is 20.7 Å². The van der Waals surface area contributed by atoms with E-state index in [4.69, 9.17) is 0 Å². The topological polar surface area (TPSA) is 30.7 Å². The highest BCUT2D eigenvalue weighted by atomic mass is 19.4. The summed E-state index contributed by atoms with van der Waals surface area (Å²) in [5.41, 5.74) is -0.0501. The lowest BCUT2D eigenvalue weighted by Crippen LogP contribution is -2.28. The van der Waals surface area contributed by atoms with Gasteiger partial charge in [-0.05, 0) is 25.8 Å². The van der Waals surface area contributed by atoms with Gasteiger partial charge in [0.05, 0.1) is 11.3 Å². The van der Waals surface area contributed by atoms with Crippen LogP contribution in [0.3, 0.4) is 0 Å². The number of alkyl halides is 4. The molecule has 1 fully saturated rings. The Bertz CT molecular complexity index is 743. The molecule has 2 heterocycles. The van der Waals surface area contributed by atoms with Gasteiger partial charge in [-0.3, -0.25) is 4.98 Å². The van der Waals surface area contributed by atoms with Gasteiger partial charge in [0.2, 0.25) is 0 Å². The Morgan fingerprint density at radius 1 is 1.25 bits per heavy atom. The molecule has 0 saturated heterocycles. The van der Waals surface area contributed by atoms with Gasteiger partial charge in [-0.2, -0.15) is 13.2 Å². The van der Waals surface area contributed by atoms with Gasteiger partial charge in [0.15, 0.2) is 0 Å². The molecule has 0 atom stereocenters. The molecule has 24 heavy (non-hydrogen) atoms. The Hall–Kier alpha value is -1.92. The first-order valence-corrected chi connectivity index (χ1v) is 7.94. The summed E-state index contributed by atoms with van der Waals surface area (Å²) in [6, 6.07) is 1.11. The molecule has 7 heteroatoms. The first-order chi connectivity index (χ1) is 11.2. The van der Waals surface area contributed by atoms with E-state index in [1.54, 1.807) is 6.20 Å². The molecule has 0 N–H and O–H groups in total. The molecule has 3 nitrogen and oxygen atoms in total. The SMILES string of the molecule is Cc1ncc(-c2cn(C3CC(F)C3)c(C(C)C)n2)cc1C(F)(F)F. The summed E-state index contributed by atoms with van der Waals surface area (Å²) in [6.45, 7) is 5.26. The van der Waals surface area contributed by atoms with E-state index in [9.17, 15) is 17.6 Å². The first kappa shape index (κ1) is 16.9. The fourth-order valence-corrected chi connectivity index (χ4v) is 2.98. The van der Waals surface area contributed by atoms with Gasteiger partial charge in [-0.15, -0.1) is 0 Å². The van der Waals surface area contributed by atoms with Crippen molar-refractivity contribution in [2.75, 3.05) is 0 Å². The molecular weight excluding hydrogens is 322 g/mol. The largest absolute Gasteiger partial charge is 0.418 e. The van der Waals surface area contributed by atoms with Gasteiger partial charge in [0, 0.05) is 35.6 Å². The summed E-state index contributed by atoms with van der Waals surface area (Å²) >= 11 is 0. The average Bonchev–Trinajstić information content (AvgIpc) is 2.88. The van der Waals surface area contributed by atoms with E-state index in [1.807, 2.05) is 18.4 Å². The highest BCUT2D eigenvalue weighted by molar-refractivity contribution is 5.59. The van der Waals surface area contributed by atoms with Gasteiger partial charge in [0.25, 0.3) is 0 Å². The predicted molar refractivity (Wildman–Crippen MR) is 82.5 cm³/mol. The zero-order valence-corrected chi connectivity index (χ0v) is 13.7. The minimum absolute atomic E-state index is 0.0270. The van der Waals surface area contributed by atoms with Crippen molar-refractivity contribution in [1.82, 2.24) is 14.5 Å². The van der Waals surface area contributed by atoms with Crippen molar-refractivity contribution in [2.24, 2.45) is 0 Å². The molecule has 130 valence electrons. The standard InChI is InChI=1S/C17H19F4N3/c1-9(2)16-23-15(8-24(16)13-5-12(18)6-13)11-4-14(17(19,20)21)10(3)22-7-11/h4,7-9,12-13H,5-6H2,1-3H3. The number of pyridine rings is 1. The van der Waals surface area contributed by atoms with Crippen LogP contribution in [0.1, 0.15) is 55.7 Å². The van der Waals surface area contributed by atoms with Crippen molar-refractivity contribution in [3.05, 3.63) is 35.5 Å². The van der Waals surface area contributed by atoms with Crippen LogP contribution in [0.5, 0.6) is 0 Å². The molecule has 3 rings (SSSR count). The molecule has 0 radical (unpaired) electrons. The predicted octanol–water partition coefficient (Wildman–Crippen LogP) is 5.07. The van der Waals surface area contributed by atoms with E-state index in [2.05, 4.69) is 9.97 Å². The molecule has 0 bridgehead atoms. The molecule has 1 saturated carbocycles. The van der Waals surface area contributed by atoms with Gasteiger partial charge < -0.3 is 4.57 Å². The summed E-state index contributed by atoms with van der Waals surface area (Å²) in [7, 11) is 0. The number of nitrogens with zero attached hydrogens (tertiary/aromatic N) is 3. The van der Waals surface area contributed by atoms with Gasteiger partial charge in [-0.1, -0.05) is 13.8 Å². The molecule has 2 aromatic heterocycles. The summed E-state index contributed by atoms with van der Waals surface area (Å²) < 4.78 is 54.3. The van der Waals surface area contributed by atoms with Crippen LogP contribution in [0.25, 0.3) is 11.3 Å². The smallest absolute Gasteiger partial charge is 0.331 e. The Morgan fingerprint density at radius 3 is 2.46 bits per heavy atom. The van der Waals surface area contributed by atoms with Crippen molar-refractivity contribution < 1.29 is 17.6 Å². The second-order valence-electron chi connectivity index (χ2n) is 6.62. The fraction of sp³-hybridized carbons (Fsp3) is 0.529. The lowest BCUT2D eigenvalue weighted by atomic mass is 9.90. The normalized spacial score (nSPS) is 21.2. The highest BCUT2D eigenvalue weighted by Gasteiger charge is 2.35. The summed E-state index contributed by atoms with van der Waals surface area (Å²) in [5.74, 6) is 0.855. The zero-order chi connectivity index (χ0) is 17.6. The molecule has 0 aromatic carbocycles. The van der Waals surface area contributed by atoms with Crippen LogP contribution in [0.4, 0.5) is 17.6 Å². The van der Waals surface area contributed by atoms with Crippen LogP contribution in [0.2, 0.25) is 0 Å². The summed E-state index contributed by atoms with van der Waals surface area (Å²) in [6.07, 6.45) is -1.28. The van der Waals surface area contributed by atoms with Gasteiger partial charge >= 0.3 is 6.18 Å². The van der Waals surface area contributed by atoms with E-state index in [1.165, 1.54) is 13.1 Å². The van der Waals surface area contributed by atoms with Crippen LogP contribution >= 0.6 is 0 Å². The third-order valence-electron chi connectivity index (χ3n) is 4.41. The van der Waals surface area contributed by atoms with E-state index < -0.39 is 17.9 Å². The third kappa shape index (κ3) is 3.03. The lowest BCUT2D eigenvalue weighted by molar-refractivity contribution is -0.138. The van der Waals surface area contributed by atoms with Gasteiger partial charge in [-0.25, -0.2) is 9.37 Å². The number of halogens is 4. The average molecular weight is 341 g/mol. The second kappa shape index (κ2) is 5.86. The molecule has 0 spiro atoms. The summed E-state index contributed by atoms with van der Waals surface area (Å²) in [4.78, 5) is 8.36. The van der Waals surface area contributed by atoms with Crippen LogP contribution in [0.15, 0.2) is 18.5 Å². The van der Waals surface area contributed by atoms with E-state index in [0.717, 1.165) is 11.9 Å². The van der Waals surface area contributed by atoms with Crippen molar-refractivity contribution in [3.8, 4) is 11.3 Å². The second-order valence-corrected chi connectivity index (χ2v) is 6.62. The summed E-state index contributed by atoms with van der Waals surface area (Å²) in [5, 5.41) is 0. The van der Waals surface area contributed by atoms with Crippen molar-refractivity contribution in [2.45, 2.75) is 57.9 Å². The zero-order valence-electron chi connectivity index (χ0n) is 13.7. The maximum Gasteiger partial charge on any atom is 0.418 e. The molecule has 1 aliphatic carbocycles. The maximum absolute atomic E-state index is 13.2.